The van der Waals surface area contributed by atoms with Crippen molar-refractivity contribution in [3.8, 4) is 0 Å². The molecule has 1 aliphatic heterocycles. The summed E-state index contributed by atoms with van der Waals surface area (Å²) >= 11 is 6.02. The topological polar surface area (TPSA) is 61.9 Å². The normalized spacial score (nSPS) is 17.0. The van der Waals surface area contributed by atoms with E-state index in [1.165, 1.54) is 6.42 Å². The molecule has 0 saturated heterocycles. The fourth-order valence-electron chi connectivity index (χ4n) is 3.38. The van der Waals surface area contributed by atoms with Crippen LogP contribution in [0.15, 0.2) is 12.3 Å². The summed E-state index contributed by atoms with van der Waals surface area (Å²) in [6.45, 7) is 1.24. The van der Waals surface area contributed by atoms with Gasteiger partial charge in [0.1, 0.15) is 0 Å². The number of carbonyl (C=O) groups excluding carboxylic acids is 1. The van der Waals surface area contributed by atoms with Crippen molar-refractivity contribution in [3.63, 3.8) is 0 Å². The zero-order valence-corrected chi connectivity index (χ0v) is 13.0. The quantitative estimate of drug-likeness (QED) is 0.879. The molecule has 4 rings (SSSR count). The fourth-order valence-corrected chi connectivity index (χ4v) is 3.56. The molecule has 0 radical (unpaired) electrons. The number of aryl methyl sites for hydroxylation is 1. The van der Waals surface area contributed by atoms with Gasteiger partial charge in [-0.25, -0.2) is 0 Å². The van der Waals surface area contributed by atoms with Crippen LogP contribution in [0.2, 0.25) is 5.02 Å². The number of hydrogen-bond donors (Lipinski definition) is 1. The number of H-pyrrole nitrogens is 1. The number of aromatic nitrogens is 3. The second kappa shape index (κ2) is 5.39. The first-order chi connectivity index (χ1) is 10.7. The number of pyridine rings is 1. The van der Waals surface area contributed by atoms with Crippen LogP contribution in [0.4, 0.5) is 0 Å². The Morgan fingerprint density at radius 2 is 2.14 bits per heavy atom. The molecule has 22 heavy (non-hydrogen) atoms. The van der Waals surface area contributed by atoms with Gasteiger partial charge in [-0.15, -0.1) is 0 Å². The molecule has 0 aromatic carbocycles. The Morgan fingerprint density at radius 1 is 1.27 bits per heavy atom. The highest BCUT2D eigenvalue weighted by atomic mass is 35.5. The minimum Gasteiger partial charge on any atom is -0.332 e. The number of carbonyl (C=O) groups is 1. The molecule has 0 spiro atoms. The number of fused-ring (bicyclic) bond motifs is 2. The smallest absolute Gasteiger partial charge is 0.274 e. The maximum absolute atomic E-state index is 12.8. The number of aromatic amines is 1. The van der Waals surface area contributed by atoms with E-state index in [4.69, 9.17) is 11.6 Å². The summed E-state index contributed by atoms with van der Waals surface area (Å²) in [6, 6.07) is 1.91. The predicted molar refractivity (Wildman–Crippen MR) is 82.9 cm³/mol. The molecule has 0 atom stereocenters. The predicted octanol–water partition coefficient (Wildman–Crippen LogP) is 2.54. The van der Waals surface area contributed by atoms with Crippen molar-refractivity contribution in [1.29, 1.82) is 0 Å². The van der Waals surface area contributed by atoms with Crippen LogP contribution < -0.4 is 0 Å². The summed E-state index contributed by atoms with van der Waals surface area (Å²) in [6.07, 6.45) is 6.69. The van der Waals surface area contributed by atoms with E-state index in [1.54, 1.807) is 6.20 Å². The Kier molecular flexibility index (Phi) is 3.37. The summed E-state index contributed by atoms with van der Waals surface area (Å²) in [4.78, 5) is 19.0. The van der Waals surface area contributed by atoms with Gasteiger partial charge in [0, 0.05) is 42.7 Å². The first-order valence-electron chi connectivity index (χ1n) is 7.71. The monoisotopic (exact) mass is 316 g/mol. The molecule has 2 aromatic rings. The van der Waals surface area contributed by atoms with Gasteiger partial charge in [0.2, 0.25) is 0 Å². The van der Waals surface area contributed by atoms with Crippen LogP contribution in [-0.4, -0.2) is 32.5 Å². The molecule has 0 fully saturated rings. The zero-order valence-electron chi connectivity index (χ0n) is 12.2. The van der Waals surface area contributed by atoms with E-state index in [1.807, 2.05) is 11.0 Å². The Hall–Kier alpha value is -1.88. The molecule has 114 valence electrons. The molecule has 1 amide bonds. The van der Waals surface area contributed by atoms with Gasteiger partial charge < -0.3 is 4.90 Å². The lowest BCUT2D eigenvalue weighted by molar-refractivity contribution is 0.0726. The Bertz CT molecular complexity index is 740. The average molecular weight is 317 g/mol. The molecule has 2 aliphatic rings. The highest BCUT2D eigenvalue weighted by Crippen LogP contribution is 2.26. The average Bonchev–Trinajstić information content (AvgIpc) is 2.97. The van der Waals surface area contributed by atoms with E-state index in [0.717, 1.165) is 48.2 Å². The summed E-state index contributed by atoms with van der Waals surface area (Å²) < 4.78 is 0. The Labute approximate surface area is 133 Å². The molecule has 0 unspecified atom stereocenters. The van der Waals surface area contributed by atoms with Crippen LogP contribution >= 0.6 is 11.6 Å². The van der Waals surface area contributed by atoms with Gasteiger partial charge in [-0.3, -0.25) is 14.9 Å². The summed E-state index contributed by atoms with van der Waals surface area (Å²) in [7, 11) is 0. The fraction of sp³-hybridized carbons (Fsp3) is 0.438. The number of rotatable bonds is 1. The van der Waals surface area contributed by atoms with Gasteiger partial charge in [0.25, 0.3) is 5.91 Å². The Morgan fingerprint density at radius 3 is 3.05 bits per heavy atom. The standard InChI is InChI=1S/C16H17ClN4O/c17-11-7-10-9-21(6-5-13(10)18-8-11)16(22)15-12-3-1-2-4-14(12)19-20-15/h7-8H,1-6,9H2,(H,19,20). The van der Waals surface area contributed by atoms with Crippen molar-refractivity contribution in [1.82, 2.24) is 20.1 Å². The summed E-state index contributed by atoms with van der Waals surface area (Å²) in [5, 5.41) is 7.95. The van der Waals surface area contributed by atoms with E-state index < -0.39 is 0 Å². The molecule has 3 heterocycles. The van der Waals surface area contributed by atoms with Crippen molar-refractivity contribution in [2.45, 2.75) is 38.6 Å². The van der Waals surface area contributed by atoms with E-state index in [2.05, 4.69) is 15.2 Å². The molecule has 0 bridgehead atoms. The van der Waals surface area contributed by atoms with Gasteiger partial charge in [0.05, 0.1) is 5.02 Å². The maximum Gasteiger partial charge on any atom is 0.274 e. The van der Waals surface area contributed by atoms with Crippen molar-refractivity contribution < 1.29 is 4.79 Å². The van der Waals surface area contributed by atoms with Gasteiger partial charge in [-0.2, -0.15) is 5.10 Å². The van der Waals surface area contributed by atoms with Crippen molar-refractivity contribution >= 4 is 17.5 Å². The third-order valence-electron chi connectivity index (χ3n) is 4.55. The highest BCUT2D eigenvalue weighted by Gasteiger charge is 2.28. The van der Waals surface area contributed by atoms with Crippen LogP contribution in [0.25, 0.3) is 0 Å². The first-order valence-corrected chi connectivity index (χ1v) is 8.09. The van der Waals surface area contributed by atoms with Crippen LogP contribution in [0.3, 0.4) is 0 Å². The summed E-state index contributed by atoms with van der Waals surface area (Å²) in [5.41, 5.74) is 4.94. The molecule has 6 heteroatoms. The van der Waals surface area contributed by atoms with Crippen LogP contribution in [0.1, 0.15) is 45.8 Å². The van der Waals surface area contributed by atoms with E-state index in [-0.39, 0.29) is 5.91 Å². The third kappa shape index (κ3) is 2.29. The maximum atomic E-state index is 12.8. The SMILES string of the molecule is O=C(c1n[nH]c2c1CCCC2)N1CCc2ncc(Cl)cc2C1. The lowest BCUT2D eigenvalue weighted by atomic mass is 9.95. The molecule has 1 aliphatic carbocycles. The number of nitrogens with one attached hydrogen (secondary N) is 1. The Balaban J connectivity index is 1.60. The lowest BCUT2D eigenvalue weighted by Gasteiger charge is -2.28. The largest absolute Gasteiger partial charge is 0.332 e. The number of nitrogens with zero attached hydrogens (tertiary/aromatic N) is 3. The molecular weight excluding hydrogens is 300 g/mol. The summed E-state index contributed by atoms with van der Waals surface area (Å²) in [5.74, 6) is 0.0185. The molecule has 0 saturated carbocycles. The van der Waals surface area contributed by atoms with Crippen molar-refractivity contribution in [2.75, 3.05) is 6.54 Å². The minimum absolute atomic E-state index is 0.0185. The molecule has 1 N–H and O–H groups in total. The van der Waals surface area contributed by atoms with Crippen molar-refractivity contribution in [3.05, 3.63) is 45.5 Å². The van der Waals surface area contributed by atoms with Gasteiger partial charge in [0.15, 0.2) is 5.69 Å². The second-order valence-corrected chi connectivity index (χ2v) is 6.41. The van der Waals surface area contributed by atoms with Gasteiger partial charge in [-0.1, -0.05) is 11.6 Å². The van der Waals surface area contributed by atoms with Gasteiger partial charge in [-0.05, 0) is 37.3 Å². The van der Waals surface area contributed by atoms with Gasteiger partial charge >= 0.3 is 0 Å². The van der Waals surface area contributed by atoms with Crippen LogP contribution in [0.5, 0.6) is 0 Å². The lowest BCUT2D eigenvalue weighted by Crippen LogP contribution is -2.37. The first kappa shape index (κ1) is 13.8. The van der Waals surface area contributed by atoms with E-state index in [0.29, 0.717) is 23.8 Å². The van der Waals surface area contributed by atoms with Crippen LogP contribution in [0, 0.1) is 0 Å². The number of halogens is 1. The number of amides is 1. The van der Waals surface area contributed by atoms with Crippen LogP contribution in [-0.2, 0) is 25.8 Å². The second-order valence-electron chi connectivity index (χ2n) is 5.97. The minimum atomic E-state index is 0.0185. The number of hydrogen-bond acceptors (Lipinski definition) is 3. The zero-order chi connectivity index (χ0) is 15.1. The third-order valence-corrected chi connectivity index (χ3v) is 4.76. The molecule has 5 nitrogen and oxygen atoms in total. The molecular formula is C16H17ClN4O. The van der Waals surface area contributed by atoms with Crippen molar-refractivity contribution in [2.24, 2.45) is 0 Å². The van der Waals surface area contributed by atoms with E-state index >= 15 is 0 Å². The molecule has 2 aromatic heterocycles. The van der Waals surface area contributed by atoms with E-state index in [9.17, 15) is 4.79 Å². The highest BCUT2D eigenvalue weighted by molar-refractivity contribution is 6.30.